The number of halogens is 3. The summed E-state index contributed by atoms with van der Waals surface area (Å²) >= 11 is -5.01. The highest BCUT2D eigenvalue weighted by atomic mass is 32.3. The number of hydrogen-bond acceptors (Lipinski definition) is 4. The van der Waals surface area contributed by atoms with Crippen LogP contribution in [0.15, 0.2) is 23.8 Å². The van der Waals surface area contributed by atoms with Crippen molar-refractivity contribution in [2.75, 3.05) is 30.9 Å². The fraction of sp³-hybridized carbons (Fsp3) is 0.412. The summed E-state index contributed by atoms with van der Waals surface area (Å²) in [5.41, 5.74) is 0.660. The molecule has 0 aliphatic carbocycles. The molecule has 0 unspecified atom stereocenters. The van der Waals surface area contributed by atoms with E-state index in [-0.39, 0.29) is 13.0 Å². The van der Waals surface area contributed by atoms with Crippen molar-refractivity contribution in [2.24, 2.45) is 0 Å². The summed E-state index contributed by atoms with van der Waals surface area (Å²) in [4.78, 5) is 12.8. The van der Waals surface area contributed by atoms with Crippen LogP contribution >= 0.6 is 11.2 Å². The van der Waals surface area contributed by atoms with Gasteiger partial charge >= 0.3 is 5.97 Å². The maximum atomic E-state index is 12.5. The average molecular weight is 390 g/mol. The van der Waals surface area contributed by atoms with E-state index >= 15 is 0 Å². The standard InChI is InChI=1S/C17H21F3N2O3S/c1-3-7-22(8-4-9-26(18,19)20)15-6-5-13(16(11-15)25-2)10-14(12-21)17(23)24/h5-6,10-11H,3-4,7-9H2,1-2H3,(H,23,24)/b14-10+. The quantitative estimate of drug-likeness (QED) is 0.461. The van der Waals surface area contributed by atoms with Gasteiger partial charge in [-0.1, -0.05) is 6.92 Å². The van der Waals surface area contributed by atoms with Crippen molar-refractivity contribution in [3.05, 3.63) is 29.3 Å². The summed E-state index contributed by atoms with van der Waals surface area (Å²) in [6.07, 6.45) is 1.98. The molecule has 0 aliphatic rings. The van der Waals surface area contributed by atoms with E-state index in [4.69, 9.17) is 15.1 Å². The molecule has 0 heterocycles. The summed E-state index contributed by atoms with van der Waals surface area (Å²) in [6.45, 7) is 2.78. The van der Waals surface area contributed by atoms with Gasteiger partial charge in [0, 0.05) is 30.4 Å². The molecule has 0 atom stereocenters. The summed E-state index contributed by atoms with van der Waals surface area (Å²) in [5, 5.41) is 17.8. The third kappa shape index (κ3) is 6.88. The topological polar surface area (TPSA) is 73.6 Å². The number of hydrogen-bond donors (Lipinski definition) is 1. The van der Waals surface area contributed by atoms with Crippen LogP contribution in [-0.4, -0.2) is 37.0 Å². The normalized spacial score (nSPS) is 12.4. The Bertz CT molecular complexity index is 699. The predicted molar refractivity (Wildman–Crippen MR) is 97.1 cm³/mol. The minimum absolute atomic E-state index is 0.0143. The van der Waals surface area contributed by atoms with Gasteiger partial charge in [-0.05, 0) is 31.1 Å². The monoisotopic (exact) mass is 390 g/mol. The zero-order chi connectivity index (χ0) is 19.7. The Labute approximate surface area is 152 Å². The molecule has 0 saturated carbocycles. The number of methoxy groups -OCH3 is 1. The smallest absolute Gasteiger partial charge is 0.346 e. The molecule has 144 valence electrons. The highest BCUT2D eigenvalue weighted by Crippen LogP contribution is 2.53. The minimum Gasteiger partial charge on any atom is -0.496 e. The van der Waals surface area contributed by atoms with E-state index in [1.807, 2.05) is 11.8 Å². The van der Waals surface area contributed by atoms with Crippen LogP contribution in [-0.2, 0) is 4.79 Å². The van der Waals surface area contributed by atoms with Crippen LogP contribution in [0.1, 0.15) is 25.3 Å². The molecule has 0 aromatic heterocycles. The second-order valence-corrected chi connectivity index (χ2v) is 6.86. The van der Waals surface area contributed by atoms with E-state index in [1.165, 1.54) is 13.2 Å². The van der Waals surface area contributed by atoms with Crippen molar-refractivity contribution in [2.45, 2.75) is 19.8 Å². The van der Waals surface area contributed by atoms with E-state index in [9.17, 15) is 16.5 Å². The molecule has 0 saturated heterocycles. The van der Waals surface area contributed by atoms with E-state index in [2.05, 4.69) is 0 Å². The van der Waals surface area contributed by atoms with Crippen LogP contribution in [0.5, 0.6) is 5.75 Å². The number of benzene rings is 1. The number of carbonyl (C=O) groups is 1. The van der Waals surface area contributed by atoms with Gasteiger partial charge in [0.1, 0.15) is 17.4 Å². The maximum Gasteiger partial charge on any atom is 0.346 e. The Kier molecular flexibility index (Phi) is 8.32. The van der Waals surface area contributed by atoms with Crippen molar-refractivity contribution >= 4 is 28.9 Å². The third-order valence-electron chi connectivity index (χ3n) is 3.53. The van der Waals surface area contributed by atoms with Gasteiger partial charge in [-0.15, -0.1) is 11.7 Å². The van der Waals surface area contributed by atoms with E-state index in [0.29, 0.717) is 23.5 Å². The van der Waals surface area contributed by atoms with Crippen LogP contribution in [0.25, 0.3) is 6.08 Å². The molecule has 0 aliphatic heterocycles. The lowest BCUT2D eigenvalue weighted by Crippen LogP contribution is -2.26. The van der Waals surface area contributed by atoms with Gasteiger partial charge in [0.2, 0.25) is 11.2 Å². The maximum absolute atomic E-state index is 12.5. The number of aliphatic carboxylic acids is 1. The summed E-state index contributed by atoms with van der Waals surface area (Å²) in [7, 11) is 1.40. The zero-order valence-corrected chi connectivity index (χ0v) is 15.4. The molecular formula is C17H21F3N2O3S. The number of nitriles is 1. The van der Waals surface area contributed by atoms with Gasteiger partial charge in [0.25, 0.3) is 0 Å². The molecule has 0 spiro atoms. The molecule has 1 aromatic rings. The Balaban J connectivity index is 3.07. The summed E-state index contributed by atoms with van der Waals surface area (Å²) in [6, 6.07) is 6.50. The predicted octanol–water partition coefficient (Wildman–Crippen LogP) is 4.75. The fourth-order valence-electron chi connectivity index (χ4n) is 2.37. The molecule has 0 fully saturated rings. The minimum atomic E-state index is -5.01. The molecule has 9 heteroatoms. The number of carboxylic acid groups (broad SMARTS) is 1. The molecule has 1 N–H and O–H groups in total. The van der Waals surface area contributed by atoms with Crippen molar-refractivity contribution in [1.82, 2.24) is 0 Å². The summed E-state index contributed by atoms with van der Waals surface area (Å²) < 4.78 is 42.6. The molecule has 1 rings (SSSR count). The summed E-state index contributed by atoms with van der Waals surface area (Å²) in [5.74, 6) is -1.77. The van der Waals surface area contributed by atoms with Gasteiger partial charge in [0.15, 0.2) is 0 Å². The number of carboxylic acids is 1. The van der Waals surface area contributed by atoms with Gasteiger partial charge in [0.05, 0.1) is 12.9 Å². The number of rotatable bonds is 10. The lowest BCUT2D eigenvalue weighted by Gasteiger charge is -2.25. The highest BCUT2D eigenvalue weighted by Gasteiger charge is 2.20. The first-order chi connectivity index (χ1) is 12.2. The molecular weight excluding hydrogens is 369 g/mol. The van der Waals surface area contributed by atoms with E-state index < -0.39 is 28.5 Å². The number of anilines is 1. The van der Waals surface area contributed by atoms with E-state index in [1.54, 1.807) is 24.3 Å². The molecule has 0 radical (unpaired) electrons. The van der Waals surface area contributed by atoms with Crippen LogP contribution in [0.3, 0.4) is 0 Å². The molecule has 5 nitrogen and oxygen atoms in total. The lowest BCUT2D eigenvalue weighted by atomic mass is 10.1. The van der Waals surface area contributed by atoms with Gasteiger partial charge in [-0.3, -0.25) is 0 Å². The van der Waals surface area contributed by atoms with Crippen molar-refractivity contribution < 1.29 is 26.3 Å². The van der Waals surface area contributed by atoms with Crippen molar-refractivity contribution in [3.63, 3.8) is 0 Å². The van der Waals surface area contributed by atoms with Gasteiger partial charge in [-0.25, -0.2) is 4.79 Å². The second-order valence-electron chi connectivity index (χ2n) is 5.45. The van der Waals surface area contributed by atoms with Gasteiger partial charge < -0.3 is 14.7 Å². The average Bonchev–Trinajstić information content (AvgIpc) is 2.57. The van der Waals surface area contributed by atoms with E-state index in [0.717, 1.165) is 6.42 Å². The third-order valence-corrected chi connectivity index (χ3v) is 4.28. The van der Waals surface area contributed by atoms with Crippen molar-refractivity contribution in [3.8, 4) is 11.8 Å². The molecule has 1 aromatic carbocycles. The van der Waals surface area contributed by atoms with Crippen LogP contribution in [0.2, 0.25) is 0 Å². The Morgan fingerprint density at radius 1 is 1.38 bits per heavy atom. The Hall–Kier alpha value is -2.34. The Morgan fingerprint density at radius 2 is 2.08 bits per heavy atom. The fourth-order valence-corrected chi connectivity index (χ4v) is 2.83. The molecule has 0 bridgehead atoms. The highest BCUT2D eigenvalue weighted by molar-refractivity contribution is 8.20. The largest absolute Gasteiger partial charge is 0.496 e. The molecule has 26 heavy (non-hydrogen) atoms. The lowest BCUT2D eigenvalue weighted by molar-refractivity contribution is -0.132. The first-order valence-electron chi connectivity index (χ1n) is 7.89. The number of nitrogens with zero attached hydrogens (tertiary/aromatic N) is 2. The van der Waals surface area contributed by atoms with Gasteiger partial charge in [-0.2, -0.15) is 5.26 Å². The first kappa shape index (κ1) is 21.7. The molecule has 0 amide bonds. The van der Waals surface area contributed by atoms with Crippen LogP contribution < -0.4 is 9.64 Å². The zero-order valence-electron chi connectivity index (χ0n) is 14.5. The number of ether oxygens (including phenoxy) is 1. The van der Waals surface area contributed by atoms with Crippen LogP contribution in [0, 0.1) is 11.3 Å². The SMILES string of the molecule is CCCN(CCCS(F)(F)F)c1ccc(/C=C(\C#N)C(=O)O)c(OC)c1. The first-order valence-corrected chi connectivity index (χ1v) is 9.40. The second kappa shape index (κ2) is 9.97. The van der Waals surface area contributed by atoms with Crippen molar-refractivity contribution in [1.29, 1.82) is 5.26 Å². The van der Waals surface area contributed by atoms with Crippen LogP contribution in [0.4, 0.5) is 17.3 Å². The Morgan fingerprint density at radius 3 is 2.58 bits per heavy atom.